The van der Waals surface area contributed by atoms with E-state index in [9.17, 15) is 4.79 Å². The largest absolute Gasteiger partial charge is 0.366 e. The Morgan fingerprint density at radius 2 is 2.25 bits per heavy atom. The lowest BCUT2D eigenvalue weighted by molar-refractivity contribution is -0.138. The van der Waals surface area contributed by atoms with Gasteiger partial charge in [-0.05, 0) is 5.92 Å². The zero-order valence-corrected chi connectivity index (χ0v) is 7.49. The van der Waals surface area contributed by atoms with Gasteiger partial charge in [0.25, 0.3) is 0 Å². The van der Waals surface area contributed by atoms with Crippen LogP contribution in [0.25, 0.3) is 0 Å². The van der Waals surface area contributed by atoms with Crippen molar-refractivity contribution in [2.45, 2.75) is 32.5 Å². The van der Waals surface area contributed by atoms with E-state index in [1.54, 1.807) is 0 Å². The van der Waals surface area contributed by atoms with Crippen LogP contribution in [-0.4, -0.2) is 18.0 Å². The van der Waals surface area contributed by atoms with Crippen LogP contribution in [0.1, 0.15) is 20.3 Å². The van der Waals surface area contributed by atoms with Gasteiger partial charge < -0.3 is 4.74 Å². The molecular weight excluding hydrogens is 152 g/mol. The summed E-state index contributed by atoms with van der Waals surface area (Å²) in [4.78, 5) is 11.6. The number of ketones is 1. The fourth-order valence-electron chi connectivity index (χ4n) is 2.12. The van der Waals surface area contributed by atoms with Crippen LogP contribution in [-0.2, 0) is 9.53 Å². The van der Waals surface area contributed by atoms with Crippen molar-refractivity contribution in [3.63, 3.8) is 0 Å². The Kier molecular flexibility index (Phi) is 1.80. The molecule has 0 amide bonds. The second-order valence-electron chi connectivity index (χ2n) is 3.96. The lowest BCUT2D eigenvalue weighted by Crippen LogP contribution is -2.39. The molecule has 2 aliphatic rings. The molecule has 12 heavy (non-hydrogen) atoms. The van der Waals surface area contributed by atoms with Crippen molar-refractivity contribution in [1.29, 1.82) is 0 Å². The van der Waals surface area contributed by atoms with Gasteiger partial charge in [-0.25, -0.2) is 0 Å². The van der Waals surface area contributed by atoms with Crippen molar-refractivity contribution in [3.8, 4) is 0 Å². The van der Waals surface area contributed by atoms with E-state index >= 15 is 0 Å². The predicted molar refractivity (Wildman–Crippen MR) is 45.8 cm³/mol. The minimum atomic E-state index is 0.0660. The molecule has 1 saturated heterocycles. The Labute approximate surface area is 72.6 Å². The van der Waals surface area contributed by atoms with E-state index in [4.69, 9.17) is 4.74 Å². The van der Waals surface area contributed by atoms with Crippen LogP contribution in [0.2, 0.25) is 0 Å². The summed E-state index contributed by atoms with van der Waals surface area (Å²) in [5.74, 6) is 0.863. The first-order chi connectivity index (χ1) is 5.68. The molecule has 2 rings (SSSR count). The maximum absolute atomic E-state index is 11.6. The molecule has 0 spiro atoms. The summed E-state index contributed by atoms with van der Waals surface area (Å²) in [5.41, 5.74) is 0. The van der Waals surface area contributed by atoms with E-state index in [0.29, 0.717) is 18.1 Å². The lowest BCUT2D eigenvalue weighted by Gasteiger charge is -2.30. The Bertz CT molecular complexity index is 230. The fourth-order valence-corrected chi connectivity index (χ4v) is 2.12. The number of carbonyl (C=O) groups is 1. The van der Waals surface area contributed by atoms with Gasteiger partial charge in [0.15, 0.2) is 0 Å². The zero-order valence-electron chi connectivity index (χ0n) is 7.49. The minimum absolute atomic E-state index is 0.0660. The number of carbonyl (C=O) groups excluding carboxylic acids is 1. The maximum Gasteiger partial charge on any atom is 0.142 e. The number of hydrogen-bond acceptors (Lipinski definition) is 2. The van der Waals surface area contributed by atoms with E-state index in [-0.39, 0.29) is 18.1 Å². The van der Waals surface area contributed by atoms with Crippen LogP contribution in [0.3, 0.4) is 0 Å². The van der Waals surface area contributed by atoms with E-state index in [1.165, 1.54) is 0 Å². The smallest absolute Gasteiger partial charge is 0.142 e. The number of fused-ring (bicyclic) bond motifs is 2. The topological polar surface area (TPSA) is 26.3 Å². The van der Waals surface area contributed by atoms with Gasteiger partial charge in [0.05, 0.1) is 12.2 Å². The molecule has 0 aromatic heterocycles. The molecule has 0 aliphatic carbocycles. The monoisotopic (exact) mass is 166 g/mol. The van der Waals surface area contributed by atoms with E-state index < -0.39 is 0 Å². The van der Waals surface area contributed by atoms with Crippen LogP contribution in [0.4, 0.5) is 0 Å². The van der Waals surface area contributed by atoms with Crippen LogP contribution in [0, 0.1) is 11.8 Å². The Morgan fingerprint density at radius 1 is 1.50 bits per heavy atom. The maximum atomic E-state index is 11.6. The molecule has 3 atom stereocenters. The highest BCUT2D eigenvalue weighted by Gasteiger charge is 2.40. The Balaban J connectivity index is 2.20. The Hall–Kier alpha value is -0.630. The third-order valence-electron chi connectivity index (χ3n) is 2.69. The van der Waals surface area contributed by atoms with Crippen molar-refractivity contribution < 1.29 is 9.53 Å². The van der Waals surface area contributed by atoms with E-state index in [2.05, 4.69) is 13.8 Å². The van der Waals surface area contributed by atoms with Crippen LogP contribution in [0.15, 0.2) is 12.2 Å². The van der Waals surface area contributed by atoms with Gasteiger partial charge in [0.2, 0.25) is 0 Å². The average molecular weight is 166 g/mol. The quantitative estimate of drug-likeness (QED) is 0.552. The molecule has 2 aliphatic heterocycles. The van der Waals surface area contributed by atoms with E-state index in [1.807, 2.05) is 12.2 Å². The summed E-state index contributed by atoms with van der Waals surface area (Å²) in [5, 5.41) is 0. The standard InChI is InChI=1S/C10H14O2/c1-6(2)10-8(11)5-7-3-4-9(10)12-7/h3-4,6-7,9-10H,5H2,1-2H3. The SMILES string of the molecule is CC(C)C1C(=O)CC2C=CC1O2. The molecule has 2 heteroatoms. The molecule has 3 unspecified atom stereocenters. The molecule has 0 saturated carbocycles. The molecule has 0 N–H and O–H groups in total. The lowest BCUT2D eigenvalue weighted by atomic mass is 9.84. The first-order valence-electron chi connectivity index (χ1n) is 4.55. The second kappa shape index (κ2) is 2.70. The molecular formula is C10H14O2. The zero-order chi connectivity index (χ0) is 8.72. The van der Waals surface area contributed by atoms with Crippen molar-refractivity contribution >= 4 is 5.78 Å². The number of hydrogen-bond donors (Lipinski definition) is 0. The van der Waals surface area contributed by atoms with Crippen LogP contribution < -0.4 is 0 Å². The summed E-state index contributed by atoms with van der Waals surface area (Å²) in [6.45, 7) is 4.16. The Morgan fingerprint density at radius 3 is 2.92 bits per heavy atom. The van der Waals surface area contributed by atoms with Crippen molar-refractivity contribution in [2.75, 3.05) is 0 Å². The first kappa shape index (κ1) is 7.99. The molecule has 0 radical (unpaired) electrons. The summed E-state index contributed by atoms with van der Waals surface area (Å²) in [6.07, 6.45) is 4.79. The molecule has 0 aromatic rings. The molecule has 0 aromatic carbocycles. The summed E-state index contributed by atoms with van der Waals surface area (Å²) in [7, 11) is 0. The highest BCUT2D eigenvalue weighted by molar-refractivity contribution is 5.84. The van der Waals surface area contributed by atoms with E-state index in [0.717, 1.165) is 0 Å². The molecule has 1 fully saturated rings. The number of ether oxygens (including phenoxy) is 1. The second-order valence-corrected chi connectivity index (χ2v) is 3.96. The molecule has 2 nitrogen and oxygen atoms in total. The molecule has 66 valence electrons. The highest BCUT2D eigenvalue weighted by Crippen LogP contribution is 2.33. The normalized spacial score (nSPS) is 39.6. The number of rotatable bonds is 1. The molecule has 2 heterocycles. The predicted octanol–water partition coefficient (Wildman–Crippen LogP) is 1.55. The van der Waals surface area contributed by atoms with Gasteiger partial charge in [-0.1, -0.05) is 26.0 Å². The van der Waals surface area contributed by atoms with Gasteiger partial charge in [-0.3, -0.25) is 4.79 Å². The van der Waals surface area contributed by atoms with Gasteiger partial charge in [0.1, 0.15) is 5.78 Å². The summed E-state index contributed by atoms with van der Waals surface area (Å²) >= 11 is 0. The summed E-state index contributed by atoms with van der Waals surface area (Å²) in [6, 6.07) is 0. The number of Topliss-reactive ketones (excluding diaryl/α,β-unsaturated/α-hetero) is 1. The molecule has 2 bridgehead atoms. The van der Waals surface area contributed by atoms with Crippen molar-refractivity contribution in [3.05, 3.63) is 12.2 Å². The van der Waals surface area contributed by atoms with Gasteiger partial charge >= 0.3 is 0 Å². The van der Waals surface area contributed by atoms with Crippen LogP contribution in [0.5, 0.6) is 0 Å². The third-order valence-corrected chi connectivity index (χ3v) is 2.69. The van der Waals surface area contributed by atoms with Crippen molar-refractivity contribution in [2.24, 2.45) is 11.8 Å². The highest BCUT2D eigenvalue weighted by atomic mass is 16.5. The van der Waals surface area contributed by atoms with Crippen molar-refractivity contribution in [1.82, 2.24) is 0 Å². The first-order valence-corrected chi connectivity index (χ1v) is 4.55. The summed E-state index contributed by atoms with van der Waals surface area (Å²) < 4.78 is 5.61. The average Bonchev–Trinajstić information content (AvgIpc) is 2.31. The van der Waals surface area contributed by atoms with Gasteiger partial charge in [-0.2, -0.15) is 0 Å². The van der Waals surface area contributed by atoms with Crippen LogP contribution >= 0.6 is 0 Å². The fraction of sp³-hybridized carbons (Fsp3) is 0.700. The van der Waals surface area contributed by atoms with Gasteiger partial charge in [0, 0.05) is 12.3 Å². The third kappa shape index (κ3) is 1.11. The minimum Gasteiger partial charge on any atom is -0.366 e. The van der Waals surface area contributed by atoms with Gasteiger partial charge in [-0.15, -0.1) is 0 Å².